The number of aryl methyl sites for hydroxylation is 1. The molecule has 0 amide bonds. The summed E-state index contributed by atoms with van der Waals surface area (Å²) >= 11 is 0. The second-order valence-corrected chi connectivity index (χ2v) is 8.41. The molecule has 0 atom stereocenters. The third kappa shape index (κ3) is 3.01. The van der Waals surface area contributed by atoms with E-state index in [-0.39, 0.29) is 20.9 Å². The quantitative estimate of drug-likeness (QED) is 0.558. The van der Waals surface area contributed by atoms with Crippen LogP contribution >= 0.6 is 0 Å². The zero-order chi connectivity index (χ0) is 19.9. The van der Waals surface area contributed by atoms with Gasteiger partial charge in [-0.25, -0.2) is 12.8 Å². The van der Waals surface area contributed by atoms with E-state index in [2.05, 4.69) is 4.98 Å². The molecule has 0 aliphatic carbocycles. The minimum Gasteiger partial charge on any atom is -0.353 e. The summed E-state index contributed by atoms with van der Waals surface area (Å²) in [5, 5.41) is 0.277. The molecule has 0 aliphatic rings. The van der Waals surface area contributed by atoms with Gasteiger partial charge in [-0.1, -0.05) is 29.8 Å². The van der Waals surface area contributed by atoms with Crippen molar-refractivity contribution in [3.8, 4) is 11.3 Å². The van der Waals surface area contributed by atoms with E-state index in [0.29, 0.717) is 11.1 Å². The van der Waals surface area contributed by atoms with Crippen LogP contribution in [0.3, 0.4) is 0 Å². The van der Waals surface area contributed by atoms with Crippen LogP contribution in [0.4, 0.5) is 4.39 Å². The van der Waals surface area contributed by atoms with E-state index in [0.717, 1.165) is 5.56 Å². The first-order valence-electron chi connectivity index (χ1n) is 8.60. The highest BCUT2D eigenvalue weighted by molar-refractivity contribution is 7.91. The number of fused-ring (bicyclic) bond motifs is 1. The number of aromatic nitrogens is 1. The minimum absolute atomic E-state index is 0.0299. The number of hydrogen-bond acceptors (Lipinski definition) is 3. The SMILES string of the molecule is Cc1ccc(S(=O)(=O)c2c(-c3ccc(F)cc3)[nH]c3ccccc3c2=O)cc1. The van der Waals surface area contributed by atoms with Crippen molar-refractivity contribution >= 4 is 20.7 Å². The Kier molecular flexibility index (Phi) is 4.35. The molecule has 1 N–H and O–H groups in total. The molecule has 0 unspecified atom stereocenters. The van der Waals surface area contributed by atoms with Crippen molar-refractivity contribution in [2.24, 2.45) is 0 Å². The topological polar surface area (TPSA) is 67.0 Å². The Hall–Kier alpha value is -3.25. The number of halogens is 1. The summed E-state index contributed by atoms with van der Waals surface area (Å²) in [6.07, 6.45) is 0. The van der Waals surface area contributed by atoms with Gasteiger partial charge in [-0.05, 0) is 61.0 Å². The van der Waals surface area contributed by atoms with E-state index in [1.165, 1.54) is 36.4 Å². The highest BCUT2D eigenvalue weighted by Gasteiger charge is 2.27. The number of para-hydroxylation sites is 1. The fourth-order valence-electron chi connectivity index (χ4n) is 3.13. The molecule has 0 aliphatic heterocycles. The van der Waals surface area contributed by atoms with Gasteiger partial charge in [0.2, 0.25) is 15.3 Å². The zero-order valence-electron chi connectivity index (χ0n) is 14.9. The van der Waals surface area contributed by atoms with Crippen molar-refractivity contribution in [2.75, 3.05) is 0 Å². The first kappa shape index (κ1) is 18.1. The molecule has 140 valence electrons. The van der Waals surface area contributed by atoms with E-state index < -0.39 is 21.1 Å². The van der Waals surface area contributed by atoms with Crippen molar-refractivity contribution in [2.45, 2.75) is 16.7 Å². The second kappa shape index (κ2) is 6.73. The fourth-order valence-corrected chi connectivity index (χ4v) is 4.65. The van der Waals surface area contributed by atoms with Crippen molar-refractivity contribution in [1.29, 1.82) is 0 Å². The Morgan fingerprint density at radius 1 is 0.857 bits per heavy atom. The predicted octanol–water partition coefficient (Wildman–Crippen LogP) is 4.48. The molecule has 0 saturated heterocycles. The van der Waals surface area contributed by atoms with E-state index in [1.54, 1.807) is 36.4 Å². The number of sulfone groups is 1. The van der Waals surface area contributed by atoms with Gasteiger partial charge in [-0.2, -0.15) is 0 Å². The standard InChI is InChI=1S/C22H16FNO3S/c1-14-6-12-17(13-7-14)28(26,27)22-20(15-8-10-16(23)11-9-15)24-19-5-3-2-4-18(19)21(22)25/h2-13H,1H3,(H,24,25). The van der Waals surface area contributed by atoms with Gasteiger partial charge in [0.15, 0.2) is 0 Å². The van der Waals surface area contributed by atoms with Crippen LogP contribution in [0.25, 0.3) is 22.2 Å². The monoisotopic (exact) mass is 393 g/mol. The van der Waals surface area contributed by atoms with Crippen LogP contribution in [0.1, 0.15) is 5.56 Å². The predicted molar refractivity (Wildman–Crippen MR) is 107 cm³/mol. The van der Waals surface area contributed by atoms with Gasteiger partial charge < -0.3 is 4.98 Å². The fraction of sp³-hybridized carbons (Fsp3) is 0.0455. The summed E-state index contributed by atoms with van der Waals surface area (Å²) in [6.45, 7) is 1.85. The Morgan fingerprint density at radius 3 is 2.18 bits per heavy atom. The van der Waals surface area contributed by atoms with Crippen LogP contribution in [0, 0.1) is 12.7 Å². The highest BCUT2D eigenvalue weighted by atomic mass is 32.2. The van der Waals surface area contributed by atoms with Gasteiger partial charge in [0.1, 0.15) is 10.7 Å². The maximum atomic E-state index is 13.4. The Morgan fingerprint density at radius 2 is 1.50 bits per heavy atom. The molecular weight excluding hydrogens is 377 g/mol. The molecule has 4 aromatic rings. The summed E-state index contributed by atoms with van der Waals surface area (Å²) in [5.74, 6) is -0.449. The van der Waals surface area contributed by atoms with Crippen LogP contribution in [0.5, 0.6) is 0 Å². The van der Waals surface area contributed by atoms with Gasteiger partial charge in [-0.3, -0.25) is 4.79 Å². The van der Waals surface area contributed by atoms with Gasteiger partial charge in [0, 0.05) is 10.9 Å². The molecule has 0 bridgehead atoms. The van der Waals surface area contributed by atoms with Crippen molar-refractivity contribution in [3.63, 3.8) is 0 Å². The van der Waals surface area contributed by atoms with Crippen molar-refractivity contribution in [1.82, 2.24) is 4.98 Å². The number of aromatic amines is 1. The van der Waals surface area contributed by atoms with Crippen LogP contribution in [-0.2, 0) is 9.84 Å². The molecule has 4 nitrogen and oxygen atoms in total. The lowest BCUT2D eigenvalue weighted by atomic mass is 10.1. The smallest absolute Gasteiger partial charge is 0.212 e. The molecular formula is C22H16FNO3S. The zero-order valence-corrected chi connectivity index (χ0v) is 15.8. The summed E-state index contributed by atoms with van der Waals surface area (Å²) in [5.41, 5.74) is 1.38. The molecule has 6 heteroatoms. The summed E-state index contributed by atoms with van der Waals surface area (Å²) < 4.78 is 40.1. The maximum Gasteiger partial charge on any atom is 0.212 e. The van der Waals surface area contributed by atoms with Crippen molar-refractivity contribution in [3.05, 3.63) is 94.4 Å². The number of pyridine rings is 1. The molecule has 3 aromatic carbocycles. The first-order chi connectivity index (χ1) is 13.4. The van der Waals surface area contributed by atoms with E-state index in [9.17, 15) is 17.6 Å². The number of hydrogen-bond donors (Lipinski definition) is 1. The molecule has 1 heterocycles. The highest BCUT2D eigenvalue weighted by Crippen LogP contribution is 2.30. The summed E-state index contributed by atoms with van der Waals surface area (Å²) in [7, 11) is -4.10. The number of H-pyrrole nitrogens is 1. The average Bonchev–Trinajstić information content (AvgIpc) is 2.68. The van der Waals surface area contributed by atoms with Gasteiger partial charge in [0.25, 0.3) is 0 Å². The molecule has 0 fully saturated rings. The third-order valence-corrected chi connectivity index (χ3v) is 6.42. The normalized spacial score (nSPS) is 11.6. The molecule has 28 heavy (non-hydrogen) atoms. The Balaban J connectivity index is 2.10. The lowest BCUT2D eigenvalue weighted by molar-refractivity contribution is 0.595. The number of rotatable bonds is 3. The molecule has 0 radical (unpaired) electrons. The maximum absolute atomic E-state index is 13.4. The first-order valence-corrected chi connectivity index (χ1v) is 10.1. The second-order valence-electron chi connectivity index (χ2n) is 6.53. The van der Waals surface area contributed by atoms with Gasteiger partial charge >= 0.3 is 0 Å². The summed E-state index contributed by atoms with van der Waals surface area (Å²) in [6, 6.07) is 18.4. The van der Waals surface area contributed by atoms with E-state index in [4.69, 9.17) is 0 Å². The lowest BCUT2D eigenvalue weighted by Gasteiger charge is -2.13. The third-order valence-electron chi connectivity index (χ3n) is 4.60. The summed E-state index contributed by atoms with van der Waals surface area (Å²) in [4.78, 5) is 15.9. The van der Waals surface area contributed by atoms with E-state index >= 15 is 0 Å². The molecule has 1 aromatic heterocycles. The Bertz CT molecular complexity index is 1340. The lowest BCUT2D eigenvalue weighted by Crippen LogP contribution is -2.18. The van der Waals surface area contributed by atoms with Crippen LogP contribution in [0.15, 0.2) is 87.4 Å². The Labute approximate surface area is 161 Å². The average molecular weight is 393 g/mol. The minimum atomic E-state index is -4.10. The molecule has 0 spiro atoms. The van der Waals surface area contributed by atoms with Crippen molar-refractivity contribution < 1.29 is 12.8 Å². The molecule has 0 saturated carbocycles. The van der Waals surface area contributed by atoms with Crippen LogP contribution in [0.2, 0.25) is 0 Å². The van der Waals surface area contributed by atoms with Crippen LogP contribution in [-0.4, -0.2) is 13.4 Å². The van der Waals surface area contributed by atoms with Crippen LogP contribution < -0.4 is 5.43 Å². The van der Waals surface area contributed by atoms with Gasteiger partial charge in [-0.15, -0.1) is 0 Å². The largest absolute Gasteiger partial charge is 0.353 e. The van der Waals surface area contributed by atoms with Gasteiger partial charge in [0.05, 0.1) is 10.6 Å². The van der Waals surface area contributed by atoms with E-state index in [1.807, 2.05) is 6.92 Å². The number of benzene rings is 3. The molecule has 4 rings (SSSR count). The number of nitrogens with one attached hydrogen (secondary N) is 1.